The molecule has 0 radical (unpaired) electrons. The van der Waals surface area contributed by atoms with E-state index < -0.39 is 0 Å². The van der Waals surface area contributed by atoms with E-state index in [1.807, 2.05) is 29.7 Å². The first kappa shape index (κ1) is 19.7. The molecule has 0 unspecified atom stereocenters. The summed E-state index contributed by atoms with van der Waals surface area (Å²) in [5.41, 5.74) is 2.96. The second-order valence-electron chi connectivity index (χ2n) is 7.46. The quantitative estimate of drug-likeness (QED) is 0.414. The lowest BCUT2D eigenvalue weighted by Crippen LogP contribution is -2.23. The molecule has 0 spiro atoms. The molecule has 4 heterocycles. The molecule has 1 aromatic carbocycles. The maximum absolute atomic E-state index is 13.0. The fraction of sp³-hybridized carbons (Fsp3) is 0.227. The van der Waals surface area contributed by atoms with Gasteiger partial charge in [-0.25, -0.2) is 14.8 Å². The molecule has 0 amide bonds. The molecule has 10 nitrogen and oxygen atoms in total. The van der Waals surface area contributed by atoms with Gasteiger partial charge in [-0.15, -0.1) is 0 Å². The van der Waals surface area contributed by atoms with Crippen LogP contribution in [0.25, 0.3) is 28.3 Å². The van der Waals surface area contributed by atoms with Crippen LogP contribution in [0.2, 0.25) is 0 Å². The molecule has 4 aromatic heterocycles. The molecule has 32 heavy (non-hydrogen) atoms. The first-order chi connectivity index (χ1) is 15.6. The van der Waals surface area contributed by atoms with Crippen LogP contribution < -0.4 is 5.56 Å². The predicted octanol–water partition coefficient (Wildman–Crippen LogP) is 2.48. The Hall–Kier alpha value is -4.21. The van der Waals surface area contributed by atoms with E-state index in [4.69, 9.17) is 4.74 Å². The second-order valence-corrected chi connectivity index (χ2v) is 7.46. The third-order valence-electron chi connectivity index (χ3n) is 5.28. The number of hydrogen-bond acceptors (Lipinski definition) is 6. The summed E-state index contributed by atoms with van der Waals surface area (Å²) in [6.45, 7) is 3.07. The van der Waals surface area contributed by atoms with Gasteiger partial charge in [0, 0.05) is 25.1 Å². The Balaban J connectivity index is 1.50. The van der Waals surface area contributed by atoms with Crippen LogP contribution >= 0.6 is 0 Å². The summed E-state index contributed by atoms with van der Waals surface area (Å²) in [5, 5.41) is 4.41. The largest absolute Gasteiger partial charge is 0.465 e. The third-order valence-corrected chi connectivity index (χ3v) is 5.28. The van der Waals surface area contributed by atoms with Crippen molar-refractivity contribution in [3.63, 3.8) is 0 Å². The summed E-state index contributed by atoms with van der Waals surface area (Å²) >= 11 is 0. The van der Waals surface area contributed by atoms with Crippen LogP contribution in [-0.2, 0) is 17.8 Å². The number of nitrogens with one attached hydrogen (secondary N) is 1. The molecule has 10 heteroatoms. The molecular weight excluding hydrogens is 410 g/mol. The van der Waals surface area contributed by atoms with Crippen molar-refractivity contribution < 1.29 is 9.53 Å². The van der Waals surface area contributed by atoms with Gasteiger partial charge in [0.25, 0.3) is 5.56 Å². The maximum Gasteiger partial charge on any atom is 0.337 e. The van der Waals surface area contributed by atoms with Gasteiger partial charge in [-0.05, 0) is 24.1 Å². The minimum absolute atomic E-state index is 0.147. The van der Waals surface area contributed by atoms with Crippen LogP contribution in [-0.4, -0.2) is 46.8 Å². The first-order valence-electron chi connectivity index (χ1n) is 10.2. The molecule has 5 aromatic rings. The minimum Gasteiger partial charge on any atom is -0.465 e. The van der Waals surface area contributed by atoms with Crippen LogP contribution in [0.4, 0.5) is 0 Å². The van der Waals surface area contributed by atoms with Crippen molar-refractivity contribution in [2.45, 2.75) is 26.4 Å². The highest BCUT2D eigenvalue weighted by Gasteiger charge is 2.17. The summed E-state index contributed by atoms with van der Waals surface area (Å²) in [5.74, 6) is 0.745. The van der Waals surface area contributed by atoms with Gasteiger partial charge in [-0.1, -0.05) is 19.1 Å². The Labute approximate surface area is 182 Å². The normalized spacial score (nSPS) is 11.4. The van der Waals surface area contributed by atoms with E-state index >= 15 is 0 Å². The van der Waals surface area contributed by atoms with Crippen molar-refractivity contribution in [2.75, 3.05) is 7.11 Å². The average molecular weight is 431 g/mol. The molecule has 0 aliphatic heterocycles. The SMILES string of the molecule is CCCn1c(=O)c2[nH]c(-c3cnn(Cc4cccc(C(=O)OC)c4)c3)nc2n2ccnc12. The van der Waals surface area contributed by atoms with E-state index in [-0.39, 0.29) is 11.5 Å². The molecular formula is C22H21N7O3. The minimum atomic E-state index is -0.380. The van der Waals surface area contributed by atoms with Crippen molar-refractivity contribution in [3.05, 3.63) is 70.5 Å². The first-order valence-corrected chi connectivity index (χ1v) is 10.2. The van der Waals surface area contributed by atoms with Gasteiger partial charge >= 0.3 is 5.97 Å². The van der Waals surface area contributed by atoms with Gasteiger partial charge in [-0.2, -0.15) is 5.10 Å². The fourth-order valence-electron chi connectivity index (χ4n) is 3.81. The van der Waals surface area contributed by atoms with E-state index in [0.29, 0.717) is 41.4 Å². The van der Waals surface area contributed by atoms with E-state index in [9.17, 15) is 9.59 Å². The van der Waals surface area contributed by atoms with Crippen molar-refractivity contribution in [3.8, 4) is 11.4 Å². The molecule has 0 saturated carbocycles. The van der Waals surface area contributed by atoms with Gasteiger partial charge < -0.3 is 9.72 Å². The number of benzene rings is 1. The molecule has 162 valence electrons. The van der Waals surface area contributed by atoms with Gasteiger partial charge in [-0.3, -0.25) is 18.4 Å². The molecule has 0 atom stereocenters. The van der Waals surface area contributed by atoms with Crippen LogP contribution in [0.15, 0.2) is 53.8 Å². The summed E-state index contributed by atoms with van der Waals surface area (Å²) < 4.78 is 10.0. The predicted molar refractivity (Wildman–Crippen MR) is 117 cm³/mol. The highest BCUT2D eigenvalue weighted by molar-refractivity contribution is 5.89. The van der Waals surface area contributed by atoms with Crippen molar-refractivity contribution in [1.29, 1.82) is 0 Å². The monoisotopic (exact) mass is 431 g/mol. The summed E-state index contributed by atoms with van der Waals surface area (Å²) in [6, 6.07) is 7.21. The number of nitrogens with zero attached hydrogens (tertiary/aromatic N) is 6. The third kappa shape index (κ3) is 3.25. The number of ether oxygens (including phenoxy) is 1. The van der Waals surface area contributed by atoms with E-state index in [1.54, 1.807) is 40.0 Å². The number of esters is 1. The molecule has 0 aliphatic carbocycles. The highest BCUT2D eigenvalue weighted by Crippen LogP contribution is 2.20. The van der Waals surface area contributed by atoms with Crippen LogP contribution in [0.5, 0.6) is 0 Å². The van der Waals surface area contributed by atoms with Crippen molar-refractivity contribution in [2.24, 2.45) is 0 Å². The number of hydrogen-bond donors (Lipinski definition) is 1. The molecule has 0 saturated heterocycles. The number of aromatic nitrogens is 7. The topological polar surface area (TPSA) is 112 Å². The van der Waals surface area contributed by atoms with E-state index in [2.05, 4.69) is 20.1 Å². The Morgan fingerprint density at radius 2 is 2.16 bits per heavy atom. The van der Waals surface area contributed by atoms with Gasteiger partial charge in [0.2, 0.25) is 5.78 Å². The number of rotatable bonds is 6. The lowest BCUT2D eigenvalue weighted by atomic mass is 10.1. The number of carbonyl (C=O) groups is 1. The Morgan fingerprint density at radius 3 is 2.97 bits per heavy atom. The molecule has 0 bridgehead atoms. The average Bonchev–Trinajstić information content (AvgIpc) is 3.55. The van der Waals surface area contributed by atoms with Gasteiger partial charge in [0.05, 0.1) is 31.0 Å². The molecule has 1 N–H and O–H groups in total. The lowest BCUT2D eigenvalue weighted by molar-refractivity contribution is 0.0600. The zero-order chi connectivity index (χ0) is 22.2. The number of H-pyrrole nitrogens is 1. The smallest absolute Gasteiger partial charge is 0.337 e. The summed E-state index contributed by atoms with van der Waals surface area (Å²) in [6.07, 6.45) is 7.81. The number of aromatic amines is 1. The Bertz CT molecular complexity index is 1510. The second kappa shape index (κ2) is 7.80. The van der Waals surface area contributed by atoms with Gasteiger partial charge in [0.1, 0.15) is 5.82 Å². The fourth-order valence-corrected chi connectivity index (χ4v) is 3.81. The number of imidazole rings is 2. The van der Waals surface area contributed by atoms with Crippen molar-refractivity contribution >= 4 is 22.9 Å². The Kier molecular flexibility index (Phi) is 4.81. The number of methoxy groups -OCH3 is 1. The molecule has 0 fully saturated rings. The number of aryl methyl sites for hydroxylation is 1. The number of fused-ring (bicyclic) bond motifs is 3. The van der Waals surface area contributed by atoms with Crippen LogP contribution in [0.3, 0.4) is 0 Å². The molecule has 5 rings (SSSR count). The summed E-state index contributed by atoms with van der Waals surface area (Å²) in [7, 11) is 1.36. The van der Waals surface area contributed by atoms with E-state index in [1.165, 1.54) is 7.11 Å². The Morgan fingerprint density at radius 1 is 1.28 bits per heavy atom. The van der Waals surface area contributed by atoms with Crippen LogP contribution in [0.1, 0.15) is 29.3 Å². The molecule has 0 aliphatic rings. The zero-order valence-electron chi connectivity index (χ0n) is 17.6. The highest BCUT2D eigenvalue weighted by atomic mass is 16.5. The van der Waals surface area contributed by atoms with Crippen LogP contribution in [0, 0.1) is 0 Å². The summed E-state index contributed by atoms with van der Waals surface area (Å²) in [4.78, 5) is 36.9. The zero-order valence-corrected chi connectivity index (χ0v) is 17.6. The van der Waals surface area contributed by atoms with E-state index in [0.717, 1.165) is 17.5 Å². The van der Waals surface area contributed by atoms with Gasteiger partial charge in [0.15, 0.2) is 11.2 Å². The standard InChI is InChI=1S/C22H21N7O3/c1-3-8-29-20(30)17-19(28-9-7-23-22(28)29)26-18(25-17)16-11-24-27(13-16)12-14-5-4-6-15(10-14)21(31)32-2/h4-7,9-11,13H,3,8,12H2,1-2H3,(H,25,26). The van der Waals surface area contributed by atoms with Crippen molar-refractivity contribution in [1.82, 2.24) is 33.7 Å². The maximum atomic E-state index is 13.0. The lowest BCUT2D eigenvalue weighted by Gasteiger charge is -2.05. The number of carbonyl (C=O) groups excluding carboxylic acids is 1.